The van der Waals surface area contributed by atoms with Gasteiger partial charge in [-0.3, -0.25) is 4.79 Å². The summed E-state index contributed by atoms with van der Waals surface area (Å²) in [5.41, 5.74) is 1.08. The number of carbonyl (C=O) groups is 1. The van der Waals surface area contributed by atoms with E-state index >= 15 is 0 Å². The lowest BCUT2D eigenvalue weighted by molar-refractivity contribution is 0.0986. The summed E-state index contributed by atoms with van der Waals surface area (Å²) in [4.78, 5) is 12.2. The highest BCUT2D eigenvalue weighted by molar-refractivity contribution is 6.05. The second-order valence-electron chi connectivity index (χ2n) is 4.08. The Hall–Kier alpha value is -2.53. The van der Waals surface area contributed by atoms with Gasteiger partial charge in [-0.05, 0) is 30.3 Å². The van der Waals surface area contributed by atoms with Crippen LogP contribution in [0.15, 0.2) is 48.5 Å². The van der Waals surface area contributed by atoms with Crippen LogP contribution in [0.1, 0.15) is 10.4 Å². The summed E-state index contributed by atoms with van der Waals surface area (Å²) in [7, 11) is 0. The maximum absolute atomic E-state index is 12.2. The first-order valence-corrected chi connectivity index (χ1v) is 5.79. The zero-order valence-corrected chi connectivity index (χ0v) is 10.1. The molecular formula is C14H12N2O3. The van der Waals surface area contributed by atoms with Crippen molar-refractivity contribution < 1.29 is 14.3 Å². The Morgan fingerprint density at radius 1 is 1.05 bits per heavy atom. The Balaban J connectivity index is 1.88. The van der Waals surface area contributed by atoms with E-state index in [1.54, 1.807) is 30.3 Å². The van der Waals surface area contributed by atoms with Crippen molar-refractivity contribution in [1.29, 1.82) is 0 Å². The predicted molar refractivity (Wildman–Crippen MR) is 70.0 cm³/mol. The van der Waals surface area contributed by atoms with Crippen LogP contribution in [0.5, 0.6) is 11.5 Å². The molecule has 96 valence electrons. The van der Waals surface area contributed by atoms with Gasteiger partial charge in [-0.15, -0.1) is 0 Å². The molecule has 1 amide bonds. The molecule has 3 rings (SSSR count). The number of anilines is 1. The first-order valence-electron chi connectivity index (χ1n) is 5.79. The van der Waals surface area contributed by atoms with Crippen molar-refractivity contribution in [1.82, 2.24) is 0 Å². The van der Waals surface area contributed by atoms with Crippen molar-refractivity contribution in [2.24, 2.45) is 5.84 Å². The van der Waals surface area contributed by atoms with E-state index in [9.17, 15) is 4.79 Å². The quantitative estimate of drug-likeness (QED) is 0.506. The van der Waals surface area contributed by atoms with Crippen molar-refractivity contribution in [3.8, 4) is 11.5 Å². The fraction of sp³-hybridized carbons (Fsp3) is 0.0714. The highest BCUT2D eigenvalue weighted by atomic mass is 16.7. The molecule has 19 heavy (non-hydrogen) atoms. The molecule has 0 unspecified atom stereocenters. The van der Waals surface area contributed by atoms with Gasteiger partial charge in [0.25, 0.3) is 5.91 Å². The SMILES string of the molecule is NN(C(=O)c1ccc2c(c1)OCO2)c1ccccc1. The molecule has 5 nitrogen and oxygen atoms in total. The third kappa shape index (κ3) is 2.11. The topological polar surface area (TPSA) is 64.8 Å². The van der Waals surface area contributed by atoms with Gasteiger partial charge in [-0.1, -0.05) is 18.2 Å². The van der Waals surface area contributed by atoms with Crippen molar-refractivity contribution in [3.05, 3.63) is 54.1 Å². The molecule has 1 aliphatic heterocycles. The summed E-state index contributed by atoms with van der Waals surface area (Å²) < 4.78 is 10.4. The number of ether oxygens (including phenoxy) is 2. The molecule has 1 aliphatic rings. The van der Waals surface area contributed by atoms with E-state index in [1.807, 2.05) is 18.2 Å². The van der Waals surface area contributed by atoms with Gasteiger partial charge in [0.15, 0.2) is 11.5 Å². The number of carbonyl (C=O) groups excluding carboxylic acids is 1. The van der Waals surface area contributed by atoms with Gasteiger partial charge in [-0.2, -0.15) is 0 Å². The zero-order valence-electron chi connectivity index (χ0n) is 10.1. The smallest absolute Gasteiger partial charge is 0.272 e. The first-order chi connectivity index (χ1) is 9.25. The minimum absolute atomic E-state index is 0.179. The standard InChI is InChI=1S/C14H12N2O3/c15-16(11-4-2-1-3-5-11)14(17)10-6-7-12-13(8-10)19-9-18-12/h1-8H,9,15H2. The second kappa shape index (κ2) is 4.62. The van der Waals surface area contributed by atoms with Gasteiger partial charge in [-0.25, -0.2) is 10.9 Å². The van der Waals surface area contributed by atoms with Crippen molar-refractivity contribution in [2.45, 2.75) is 0 Å². The van der Waals surface area contributed by atoms with E-state index < -0.39 is 0 Å². The van der Waals surface area contributed by atoms with E-state index in [0.717, 1.165) is 5.01 Å². The minimum atomic E-state index is -0.301. The van der Waals surface area contributed by atoms with Gasteiger partial charge < -0.3 is 9.47 Å². The summed E-state index contributed by atoms with van der Waals surface area (Å²) in [6.45, 7) is 0.179. The van der Waals surface area contributed by atoms with E-state index in [1.165, 1.54) is 0 Å². The normalized spacial score (nSPS) is 12.3. The van der Waals surface area contributed by atoms with E-state index in [4.69, 9.17) is 15.3 Å². The van der Waals surface area contributed by atoms with Crippen LogP contribution in [0.3, 0.4) is 0 Å². The zero-order chi connectivity index (χ0) is 13.2. The van der Waals surface area contributed by atoms with Gasteiger partial charge in [0.05, 0.1) is 5.69 Å². The van der Waals surface area contributed by atoms with E-state index in [0.29, 0.717) is 22.7 Å². The van der Waals surface area contributed by atoms with Crippen LogP contribution < -0.4 is 20.3 Å². The van der Waals surface area contributed by atoms with Gasteiger partial charge in [0.1, 0.15) is 0 Å². The second-order valence-corrected chi connectivity index (χ2v) is 4.08. The molecular weight excluding hydrogens is 244 g/mol. The predicted octanol–water partition coefficient (Wildman–Crippen LogP) is 1.94. The molecule has 1 heterocycles. The van der Waals surface area contributed by atoms with Crippen LogP contribution in [-0.4, -0.2) is 12.7 Å². The average Bonchev–Trinajstić information content (AvgIpc) is 2.94. The molecule has 0 saturated carbocycles. The number of rotatable bonds is 2. The molecule has 0 aromatic heterocycles. The third-order valence-corrected chi connectivity index (χ3v) is 2.87. The van der Waals surface area contributed by atoms with Gasteiger partial charge in [0, 0.05) is 5.56 Å². The highest BCUT2D eigenvalue weighted by Crippen LogP contribution is 2.32. The molecule has 0 atom stereocenters. The number of benzene rings is 2. The van der Waals surface area contributed by atoms with Crippen LogP contribution in [-0.2, 0) is 0 Å². The number of para-hydroxylation sites is 1. The lowest BCUT2D eigenvalue weighted by atomic mass is 10.1. The fourth-order valence-electron chi connectivity index (χ4n) is 1.87. The third-order valence-electron chi connectivity index (χ3n) is 2.87. The largest absolute Gasteiger partial charge is 0.454 e. The average molecular weight is 256 g/mol. The van der Waals surface area contributed by atoms with Crippen molar-refractivity contribution in [3.63, 3.8) is 0 Å². The number of fused-ring (bicyclic) bond motifs is 1. The highest BCUT2D eigenvalue weighted by Gasteiger charge is 2.19. The Bertz CT molecular complexity index is 613. The Morgan fingerprint density at radius 2 is 1.79 bits per heavy atom. The van der Waals surface area contributed by atoms with Crippen LogP contribution in [0, 0.1) is 0 Å². The van der Waals surface area contributed by atoms with E-state index in [2.05, 4.69) is 0 Å². The summed E-state index contributed by atoms with van der Waals surface area (Å²) in [6, 6.07) is 14.0. The van der Waals surface area contributed by atoms with Crippen LogP contribution in [0.25, 0.3) is 0 Å². The summed E-state index contributed by atoms with van der Waals surface area (Å²) in [5, 5.41) is 1.11. The maximum Gasteiger partial charge on any atom is 0.272 e. The van der Waals surface area contributed by atoms with Crippen molar-refractivity contribution >= 4 is 11.6 Å². The maximum atomic E-state index is 12.2. The summed E-state index contributed by atoms with van der Waals surface area (Å²) in [6.07, 6.45) is 0. The molecule has 0 radical (unpaired) electrons. The molecule has 0 spiro atoms. The molecule has 2 aromatic rings. The lowest BCUT2D eigenvalue weighted by Gasteiger charge is -2.16. The van der Waals surface area contributed by atoms with Crippen LogP contribution >= 0.6 is 0 Å². The number of nitrogens with two attached hydrogens (primary N) is 1. The Labute approximate surface area is 110 Å². The van der Waals surface area contributed by atoms with Gasteiger partial charge in [0.2, 0.25) is 6.79 Å². The minimum Gasteiger partial charge on any atom is -0.454 e. The molecule has 0 bridgehead atoms. The molecule has 0 saturated heterocycles. The van der Waals surface area contributed by atoms with Crippen LogP contribution in [0.2, 0.25) is 0 Å². The molecule has 2 aromatic carbocycles. The summed E-state index contributed by atoms with van der Waals surface area (Å²) >= 11 is 0. The first kappa shape index (κ1) is 11.6. The number of hydrogen-bond donors (Lipinski definition) is 1. The monoisotopic (exact) mass is 256 g/mol. The lowest BCUT2D eigenvalue weighted by Crippen LogP contribution is -2.37. The number of amides is 1. The molecule has 2 N–H and O–H groups in total. The van der Waals surface area contributed by atoms with Gasteiger partial charge >= 0.3 is 0 Å². The number of hydrazine groups is 1. The Kier molecular flexibility index (Phi) is 2.81. The molecule has 5 heteroatoms. The van der Waals surface area contributed by atoms with Crippen LogP contribution in [0.4, 0.5) is 5.69 Å². The van der Waals surface area contributed by atoms with E-state index in [-0.39, 0.29) is 12.7 Å². The summed E-state index contributed by atoms with van der Waals surface area (Å²) in [5.74, 6) is 6.73. The number of nitrogens with zero attached hydrogens (tertiary/aromatic N) is 1. The number of hydrogen-bond acceptors (Lipinski definition) is 4. The molecule has 0 aliphatic carbocycles. The Morgan fingerprint density at radius 3 is 2.58 bits per heavy atom. The fourth-order valence-corrected chi connectivity index (χ4v) is 1.87. The molecule has 0 fully saturated rings. The van der Waals surface area contributed by atoms with Crippen molar-refractivity contribution in [2.75, 3.05) is 11.8 Å².